The van der Waals surface area contributed by atoms with Crippen LogP contribution in [0.1, 0.15) is 16.2 Å². The average Bonchev–Trinajstić information content (AvgIpc) is 3.21. The van der Waals surface area contributed by atoms with E-state index in [9.17, 15) is 9.18 Å². The fraction of sp³-hybridized carbons (Fsp3) is 0.0870. The van der Waals surface area contributed by atoms with Crippen LogP contribution in [0.4, 0.5) is 4.39 Å². The zero-order valence-electron chi connectivity index (χ0n) is 15.9. The van der Waals surface area contributed by atoms with Gasteiger partial charge in [-0.05, 0) is 60.7 Å². The minimum atomic E-state index is -0.333. The second-order valence-corrected chi connectivity index (χ2v) is 7.08. The summed E-state index contributed by atoms with van der Waals surface area (Å²) in [5, 5.41) is 8.02. The van der Waals surface area contributed by atoms with Crippen LogP contribution in [0.5, 0.6) is 0 Å². The molecule has 2 heterocycles. The predicted molar refractivity (Wildman–Crippen MR) is 114 cm³/mol. The number of benzene rings is 2. The smallest absolute Gasteiger partial charge is 0.270 e. The molecule has 0 saturated carbocycles. The van der Waals surface area contributed by atoms with E-state index < -0.39 is 0 Å². The van der Waals surface area contributed by atoms with E-state index in [0.717, 1.165) is 5.69 Å². The van der Waals surface area contributed by atoms with Crippen molar-refractivity contribution in [2.75, 3.05) is 6.54 Å². The zero-order valence-corrected chi connectivity index (χ0v) is 16.7. The van der Waals surface area contributed by atoms with Crippen molar-refractivity contribution in [1.29, 1.82) is 0 Å². The van der Waals surface area contributed by atoms with Crippen LogP contribution in [-0.2, 0) is 6.42 Å². The highest BCUT2D eigenvalue weighted by molar-refractivity contribution is 6.30. The molecule has 0 aliphatic heterocycles. The SMILES string of the molecule is O=C(NCCc1ccccn1)c1cc(-c2ccc(F)cc2)nn1-c1cccc(Cl)c1. The zero-order chi connectivity index (χ0) is 20.9. The van der Waals surface area contributed by atoms with Crippen molar-refractivity contribution in [2.45, 2.75) is 6.42 Å². The minimum absolute atomic E-state index is 0.272. The number of nitrogens with zero attached hydrogens (tertiary/aromatic N) is 3. The van der Waals surface area contributed by atoms with Crippen LogP contribution in [-0.4, -0.2) is 27.2 Å². The van der Waals surface area contributed by atoms with Gasteiger partial charge < -0.3 is 5.32 Å². The first-order chi connectivity index (χ1) is 14.6. The van der Waals surface area contributed by atoms with E-state index in [1.165, 1.54) is 12.1 Å². The Morgan fingerprint density at radius 1 is 1.03 bits per heavy atom. The van der Waals surface area contributed by atoms with Crippen LogP contribution >= 0.6 is 11.6 Å². The fourth-order valence-corrected chi connectivity index (χ4v) is 3.23. The number of hydrogen-bond acceptors (Lipinski definition) is 3. The highest BCUT2D eigenvalue weighted by Crippen LogP contribution is 2.23. The Bertz CT molecular complexity index is 1160. The lowest BCUT2D eigenvalue weighted by atomic mass is 10.1. The van der Waals surface area contributed by atoms with Crippen LogP contribution < -0.4 is 5.32 Å². The third-order valence-electron chi connectivity index (χ3n) is 4.53. The molecule has 0 bridgehead atoms. The van der Waals surface area contributed by atoms with Gasteiger partial charge in [-0.2, -0.15) is 5.10 Å². The van der Waals surface area contributed by atoms with Crippen LogP contribution in [0, 0.1) is 5.82 Å². The van der Waals surface area contributed by atoms with Crippen molar-refractivity contribution in [3.63, 3.8) is 0 Å². The molecule has 1 amide bonds. The van der Waals surface area contributed by atoms with E-state index in [1.54, 1.807) is 47.3 Å². The summed E-state index contributed by atoms with van der Waals surface area (Å²) in [7, 11) is 0. The summed E-state index contributed by atoms with van der Waals surface area (Å²) in [5.41, 5.74) is 3.18. The number of nitrogens with one attached hydrogen (secondary N) is 1. The molecule has 0 atom stereocenters. The molecule has 1 N–H and O–H groups in total. The topological polar surface area (TPSA) is 59.8 Å². The second-order valence-electron chi connectivity index (χ2n) is 6.64. The molecule has 0 radical (unpaired) electrons. The molecule has 2 aromatic heterocycles. The van der Waals surface area contributed by atoms with Crippen molar-refractivity contribution in [1.82, 2.24) is 20.1 Å². The van der Waals surface area contributed by atoms with Crippen LogP contribution in [0.15, 0.2) is 79.0 Å². The number of carbonyl (C=O) groups excluding carboxylic acids is 1. The molecule has 0 fully saturated rings. The second kappa shape index (κ2) is 8.88. The molecule has 0 aliphatic carbocycles. The van der Waals surface area contributed by atoms with Gasteiger partial charge in [-0.25, -0.2) is 9.07 Å². The molecule has 4 rings (SSSR count). The van der Waals surface area contributed by atoms with Crippen molar-refractivity contribution in [3.05, 3.63) is 101 Å². The van der Waals surface area contributed by atoms with Gasteiger partial charge in [-0.1, -0.05) is 23.7 Å². The van der Waals surface area contributed by atoms with Gasteiger partial charge in [0.2, 0.25) is 0 Å². The van der Waals surface area contributed by atoms with E-state index in [-0.39, 0.29) is 11.7 Å². The third kappa shape index (κ3) is 4.55. The summed E-state index contributed by atoms with van der Waals surface area (Å²) in [5.74, 6) is -0.604. The van der Waals surface area contributed by atoms with Crippen molar-refractivity contribution in [3.8, 4) is 16.9 Å². The summed E-state index contributed by atoms with van der Waals surface area (Å²) in [6, 6.07) is 20.4. The molecular formula is C23H18ClFN4O. The van der Waals surface area contributed by atoms with Crippen LogP contribution in [0.25, 0.3) is 16.9 Å². The van der Waals surface area contributed by atoms with Gasteiger partial charge in [-0.15, -0.1) is 0 Å². The van der Waals surface area contributed by atoms with Crippen LogP contribution in [0.2, 0.25) is 5.02 Å². The molecule has 0 aliphatic rings. The molecule has 30 heavy (non-hydrogen) atoms. The van der Waals surface area contributed by atoms with Gasteiger partial charge in [0.1, 0.15) is 11.5 Å². The molecule has 0 unspecified atom stereocenters. The molecule has 150 valence electrons. The van der Waals surface area contributed by atoms with Gasteiger partial charge >= 0.3 is 0 Å². The third-order valence-corrected chi connectivity index (χ3v) is 4.76. The lowest BCUT2D eigenvalue weighted by Gasteiger charge is -2.08. The van der Waals surface area contributed by atoms with Gasteiger partial charge in [0.05, 0.1) is 11.4 Å². The summed E-state index contributed by atoms with van der Waals surface area (Å²) in [4.78, 5) is 17.2. The summed E-state index contributed by atoms with van der Waals surface area (Å²) < 4.78 is 14.8. The normalized spacial score (nSPS) is 10.7. The van der Waals surface area contributed by atoms with Gasteiger partial charge in [-0.3, -0.25) is 9.78 Å². The lowest BCUT2D eigenvalue weighted by molar-refractivity contribution is 0.0946. The van der Waals surface area contributed by atoms with Gasteiger partial charge in [0, 0.05) is 35.4 Å². The first kappa shape index (κ1) is 19.8. The maximum atomic E-state index is 13.3. The molecule has 2 aromatic carbocycles. The quantitative estimate of drug-likeness (QED) is 0.492. The molecule has 5 nitrogen and oxygen atoms in total. The summed E-state index contributed by atoms with van der Waals surface area (Å²) in [6.07, 6.45) is 2.34. The maximum Gasteiger partial charge on any atom is 0.270 e. The number of rotatable bonds is 6. The molecule has 0 saturated heterocycles. The molecule has 7 heteroatoms. The van der Waals surface area contributed by atoms with Crippen LogP contribution in [0.3, 0.4) is 0 Å². The standard InChI is InChI=1S/C23H18ClFN4O/c24-17-4-3-6-20(14-17)29-22(15-21(28-29)16-7-9-18(25)10-8-16)23(30)27-13-11-19-5-1-2-12-26-19/h1-10,12,14-15H,11,13H2,(H,27,30). The van der Waals surface area contributed by atoms with E-state index in [0.29, 0.717) is 40.6 Å². The Kier molecular flexibility index (Phi) is 5.86. The Morgan fingerprint density at radius 2 is 1.87 bits per heavy atom. The fourth-order valence-electron chi connectivity index (χ4n) is 3.05. The van der Waals surface area contributed by atoms with E-state index in [1.807, 2.05) is 24.3 Å². The van der Waals surface area contributed by atoms with Gasteiger partial charge in [0.15, 0.2) is 0 Å². The number of carbonyl (C=O) groups is 1. The molecule has 4 aromatic rings. The first-order valence-electron chi connectivity index (χ1n) is 9.40. The van der Waals surface area contributed by atoms with E-state index in [2.05, 4.69) is 15.4 Å². The molecule has 0 spiro atoms. The van der Waals surface area contributed by atoms with Crippen molar-refractivity contribution in [2.24, 2.45) is 0 Å². The average molecular weight is 421 g/mol. The lowest BCUT2D eigenvalue weighted by Crippen LogP contribution is -2.28. The highest BCUT2D eigenvalue weighted by Gasteiger charge is 2.18. The Balaban J connectivity index is 1.62. The number of pyridine rings is 1. The molecular weight excluding hydrogens is 403 g/mol. The predicted octanol–water partition coefficient (Wildman–Crippen LogP) is 4.70. The van der Waals surface area contributed by atoms with Crippen molar-refractivity contribution >= 4 is 17.5 Å². The Morgan fingerprint density at radius 3 is 2.60 bits per heavy atom. The van der Waals surface area contributed by atoms with Crippen molar-refractivity contribution < 1.29 is 9.18 Å². The summed E-state index contributed by atoms with van der Waals surface area (Å²) >= 11 is 6.13. The van der Waals surface area contributed by atoms with Gasteiger partial charge in [0.25, 0.3) is 5.91 Å². The van der Waals surface area contributed by atoms with E-state index >= 15 is 0 Å². The summed E-state index contributed by atoms with van der Waals surface area (Å²) in [6.45, 7) is 0.433. The Labute approximate surface area is 178 Å². The Hall–Kier alpha value is -3.51. The monoisotopic (exact) mass is 420 g/mol. The number of aromatic nitrogens is 3. The maximum absolute atomic E-state index is 13.3. The van der Waals surface area contributed by atoms with E-state index in [4.69, 9.17) is 11.6 Å². The first-order valence-corrected chi connectivity index (χ1v) is 9.78. The largest absolute Gasteiger partial charge is 0.350 e. The number of hydrogen-bond donors (Lipinski definition) is 1. The highest BCUT2D eigenvalue weighted by atomic mass is 35.5. The minimum Gasteiger partial charge on any atom is -0.350 e. The number of halogens is 2. The number of amides is 1.